The minimum absolute atomic E-state index is 0.238. The number of nitrogens with one attached hydrogen (secondary N) is 1. The molecule has 1 aromatic carbocycles. The Morgan fingerprint density at radius 2 is 1.96 bits per heavy atom. The van der Waals surface area contributed by atoms with E-state index in [2.05, 4.69) is 40.1 Å². The van der Waals surface area contributed by atoms with Crippen LogP contribution in [0.1, 0.15) is 24.5 Å². The topological polar surface area (TPSA) is 74.2 Å². The Morgan fingerprint density at radius 1 is 1.14 bits per heavy atom. The monoisotopic (exact) mass is 375 g/mol. The predicted molar refractivity (Wildman–Crippen MR) is 114 cm³/mol. The first-order chi connectivity index (χ1) is 13.7. The van der Waals surface area contributed by atoms with E-state index in [1.165, 1.54) is 0 Å². The van der Waals surface area contributed by atoms with Crippen LogP contribution in [0.4, 0.5) is 5.82 Å². The minimum Gasteiger partial charge on any atom is -0.508 e. The van der Waals surface area contributed by atoms with E-state index in [9.17, 15) is 5.11 Å². The van der Waals surface area contributed by atoms with Crippen molar-refractivity contribution in [1.82, 2.24) is 20.3 Å². The van der Waals surface area contributed by atoms with Gasteiger partial charge in [0, 0.05) is 37.9 Å². The molecule has 1 aliphatic heterocycles. The van der Waals surface area contributed by atoms with Crippen molar-refractivity contribution in [2.45, 2.75) is 20.3 Å². The molecule has 144 valence electrons. The average Bonchev–Trinajstić information content (AvgIpc) is 2.74. The third kappa shape index (κ3) is 3.55. The SMILES string of the molecule is CC/C=C\c1cc(O)cc(-c2cc3ncnc(N4CCNCC4)c3cn2)c1C. The summed E-state index contributed by atoms with van der Waals surface area (Å²) in [5.41, 5.74) is 4.67. The summed E-state index contributed by atoms with van der Waals surface area (Å²) in [6, 6.07) is 5.54. The van der Waals surface area contributed by atoms with Crippen LogP contribution < -0.4 is 10.2 Å². The van der Waals surface area contributed by atoms with Crippen LogP contribution in [0.3, 0.4) is 0 Å². The summed E-state index contributed by atoms with van der Waals surface area (Å²) in [5, 5.41) is 14.5. The lowest BCUT2D eigenvalue weighted by molar-refractivity contribution is 0.475. The van der Waals surface area contributed by atoms with Crippen molar-refractivity contribution in [3.8, 4) is 17.0 Å². The van der Waals surface area contributed by atoms with Crippen molar-refractivity contribution in [3.05, 3.63) is 47.9 Å². The maximum Gasteiger partial charge on any atom is 0.141 e. The van der Waals surface area contributed by atoms with E-state index < -0.39 is 0 Å². The largest absolute Gasteiger partial charge is 0.508 e. The standard InChI is InChI=1S/C22H25N5O/c1-3-4-5-16-10-17(28)11-18(15(16)2)20-12-21-19(13-24-20)22(26-14-25-21)27-8-6-23-7-9-27/h4-5,10-14,23,28H,3,6-9H2,1-2H3/b5-4-. The van der Waals surface area contributed by atoms with Crippen molar-refractivity contribution < 1.29 is 5.11 Å². The summed E-state index contributed by atoms with van der Waals surface area (Å²) in [6.07, 6.45) is 8.56. The number of nitrogens with zero attached hydrogens (tertiary/aromatic N) is 4. The molecule has 0 unspecified atom stereocenters. The zero-order valence-electron chi connectivity index (χ0n) is 16.3. The van der Waals surface area contributed by atoms with Crippen LogP contribution in [0.25, 0.3) is 28.2 Å². The summed E-state index contributed by atoms with van der Waals surface area (Å²) in [4.78, 5) is 16.0. The number of anilines is 1. The molecule has 0 atom stereocenters. The maximum atomic E-state index is 10.2. The van der Waals surface area contributed by atoms with E-state index in [1.54, 1.807) is 18.5 Å². The molecule has 6 nitrogen and oxygen atoms in total. The summed E-state index contributed by atoms with van der Waals surface area (Å²) in [5.74, 6) is 1.17. The molecule has 1 aliphatic rings. The van der Waals surface area contributed by atoms with Gasteiger partial charge in [-0.05, 0) is 42.7 Å². The third-order valence-corrected chi connectivity index (χ3v) is 5.16. The number of rotatable bonds is 4. The second-order valence-corrected chi connectivity index (χ2v) is 7.04. The number of allylic oxidation sites excluding steroid dienone is 1. The van der Waals surface area contributed by atoms with Crippen molar-refractivity contribution in [3.63, 3.8) is 0 Å². The van der Waals surface area contributed by atoms with E-state index in [4.69, 9.17) is 4.98 Å². The number of aromatic nitrogens is 3. The highest BCUT2D eigenvalue weighted by Crippen LogP contribution is 2.32. The summed E-state index contributed by atoms with van der Waals surface area (Å²) >= 11 is 0. The number of pyridine rings is 1. The van der Waals surface area contributed by atoms with Gasteiger partial charge in [-0.25, -0.2) is 9.97 Å². The first-order valence-corrected chi connectivity index (χ1v) is 9.74. The maximum absolute atomic E-state index is 10.2. The number of hydrogen-bond acceptors (Lipinski definition) is 6. The molecule has 0 aliphatic carbocycles. The van der Waals surface area contributed by atoms with Crippen molar-refractivity contribution >= 4 is 22.8 Å². The molecule has 0 amide bonds. The molecule has 0 bridgehead atoms. The predicted octanol–water partition coefficient (Wildman–Crippen LogP) is 3.54. The van der Waals surface area contributed by atoms with Crippen LogP contribution in [0, 0.1) is 6.92 Å². The quantitative estimate of drug-likeness (QED) is 0.727. The molecule has 0 spiro atoms. The van der Waals surface area contributed by atoms with Gasteiger partial charge in [0.15, 0.2) is 0 Å². The molecule has 28 heavy (non-hydrogen) atoms. The van der Waals surface area contributed by atoms with Gasteiger partial charge in [0.25, 0.3) is 0 Å². The van der Waals surface area contributed by atoms with E-state index in [-0.39, 0.29) is 5.75 Å². The van der Waals surface area contributed by atoms with Crippen LogP contribution in [-0.2, 0) is 0 Å². The Kier molecular flexibility index (Phi) is 5.21. The number of hydrogen-bond donors (Lipinski definition) is 2. The van der Waals surface area contributed by atoms with Crippen LogP contribution in [-0.4, -0.2) is 46.2 Å². The highest BCUT2D eigenvalue weighted by molar-refractivity contribution is 5.91. The molecular weight excluding hydrogens is 350 g/mol. The summed E-state index contributed by atoms with van der Waals surface area (Å²) in [6.45, 7) is 7.90. The number of fused-ring (bicyclic) bond motifs is 1. The lowest BCUT2D eigenvalue weighted by atomic mass is 9.98. The second-order valence-electron chi connectivity index (χ2n) is 7.04. The fraction of sp³-hybridized carbons (Fsp3) is 0.318. The van der Waals surface area contributed by atoms with E-state index in [0.29, 0.717) is 0 Å². The molecule has 0 saturated carbocycles. The number of phenols is 1. The Labute approximate surface area is 165 Å². The van der Waals surface area contributed by atoms with Crippen LogP contribution in [0.5, 0.6) is 5.75 Å². The van der Waals surface area contributed by atoms with Crippen molar-refractivity contribution in [2.75, 3.05) is 31.1 Å². The van der Waals surface area contributed by atoms with Crippen LogP contribution in [0.2, 0.25) is 0 Å². The van der Waals surface area contributed by atoms with Gasteiger partial charge >= 0.3 is 0 Å². The lowest BCUT2D eigenvalue weighted by Gasteiger charge is -2.29. The van der Waals surface area contributed by atoms with Gasteiger partial charge in [0.2, 0.25) is 0 Å². The number of benzene rings is 1. The molecule has 3 aromatic rings. The molecule has 4 rings (SSSR count). The van der Waals surface area contributed by atoms with Gasteiger partial charge in [0.1, 0.15) is 17.9 Å². The average molecular weight is 375 g/mol. The number of aromatic hydroxyl groups is 1. The fourth-order valence-corrected chi connectivity index (χ4v) is 3.62. The van der Waals surface area contributed by atoms with Crippen molar-refractivity contribution in [1.29, 1.82) is 0 Å². The third-order valence-electron chi connectivity index (χ3n) is 5.16. The Bertz CT molecular complexity index is 1020. The van der Waals surface area contributed by atoms with E-state index in [1.807, 2.05) is 18.3 Å². The lowest BCUT2D eigenvalue weighted by Crippen LogP contribution is -2.44. The molecule has 1 fully saturated rings. The normalized spacial score (nSPS) is 14.9. The van der Waals surface area contributed by atoms with Crippen LogP contribution >= 0.6 is 0 Å². The van der Waals surface area contributed by atoms with Gasteiger partial charge < -0.3 is 15.3 Å². The Hall–Kier alpha value is -2.99. The fourth-order valence-electron chi connectivity index (χ4n) is 3.62. The Balaban J connectivity index is 1.79. The highest BCUT2D eigenvalue weighted by atomic mass is 16.3. The molecule has 0 radical (unpaired) electrons. The summed E-state index contributed by atoms with van der Waals surface area (Å²) in [7, 11) is 0. The first kappa shape index (κ1) is 18.4. The molecule has 1 saturated heterocycles. The van der Waals surface area contributed by atoms with E-state index in [0.717, 1.165) is 71.7 Å². The van der Waals surface area contributed by atoms with E-state index >= 15 is 0 Å². The van der Waals surface area contributed by atoms with Gasteiger partial charge in [0.05, 0.1) is 16.6 Å². The zero-order chi connectivity index (χ0) is 19.5. The zero-order valence-corrected chi connectivity index (χ0v) is 16.3. The summed E-state index contributed by atoms with van der Waals surface area (Å²) < 4.78 is 0. The smallest absolute Gasteiger partial charge is 0.141 e. The van der Waals surface area contributed by atoms with Gasteiger partial charge in [-0.2, -0.15) is 0 Å². The molecule has 3 heterocycles. The van der Waals surface area contributed by atoms with Gasteiger partial charge in [-0.3, -0.25) is 4.98 Å². The minimum atomic E-state index is 0.238. The number of piperazine rings is 1. The number of phenolic OH excluding ortho intramolecular Hbond substituents is 1. The van der Waals surface area contributed by atoms with Gasteiger partial charge in [-0.1, -0.05) is 19.1 Å². The molecular formula is C22H25N5O. The first-order valence-electron chi connectivity index (χ1n) is 9.74. The highest BCUT2D eigenvalue weighted by Gasteiger charge is 2.16. The Morgan fingerprint density at radius 3 is 2.75 bits per heavy atom. The molecule has 2 N–H and O–H groups in total. The van der Waals surface area contributed by atoms with Crippen LogP contribution in [0.15, 0.2) is 36.8 Å². The molecule has 6 heteroatoms. The van der Waals surface area contributed by atoms with Crippen molar-refractivity contribution in [2.24, 2.45) is 0 Å². The second kappa shape index (κ2) is 7.94. The van der Waals surface area contributed by atoms with Gasteiger partial charge in [-0.15, -0.1) is 0 Å². The molecule has 2 aromatic heterocycles.